The normalized spacial score (nSPS) is 16.2. The molecule has 0 saturated heterocycles. The van der Waals surface area contributed by atoms with Crippen molar-refractivity contribution in [2.45, 2.75) is 18.8 Å². The predicted octanol–water partition coefficient (Wildman–Crippen LogP) is 1.25. The third kappa shape index (κ3) is 5.01. The van der Waals surface area contributed by atoms with Gasteiger partial charge in [0.15, 0.2) is 12.3 Å². The first-order chi connectivity index (χ1) is 4.09. The number of halogens is 5. The van der Waals surface area contributed by atoms with Gasteiger partial charge < -0.3 is 0 Å². The molecule has 10 heavy (non-hydrogen) atoms. The molecule has 0 bridgehead atoms. The van der Waals surface area contributed by atoms with Gasteiger partial charge in [0.2, 0.25) is 0 Å². The first-order valence-corrected chi connectivity index (χ1v) is 2.22. The molecule has 0 aliphatic heterocycles. The van der Waals surface area contributed by atoms with Crippen LogP contribution in [0, 0.1) is 0 Å². The standard InChI is InChI=1S/C4H5F5.K.H/c5-1-2(6)3(7)4(8)9;;/h2-4H,1H2;;. The van der Waals surface area contributed by atoms with E-state index in [0.717, 1.165) is 0 Å². The van der Waals surface area contributed by atoms with Crippen LogP contribution in [-0.2, 0) is 0 Å². The quantitative estimate of drug-likeness (QED) is 0.462. The van der Waals surface area contributed by atoms with Gasteiger partial charge in [-0.25, -0.2) is 22.0 Å². The van der Waals surface area contributed by atoms with Crippen LogP contribution < -0.4 is 0 Å². The number of hydrogen-bond donors (Lipinski definition) is 0. The summed E-state index contributed by atoms with van der Waals surface area (Å²) in [6.45, 7) is -1.70. The average molecular weight is 188 g/mol. The molecule has 0 saturated carbocycles. The van der Waals surface area contributed by atoms with E-state index >= 15 is 0 Å². The second-order valence-electron chi connectivity index (χ2n) is 1.45. The summed E-state index contributed by atoms with van der Waals surface area (Å²) in [5.74, 6) is 0. The van der Waals surface area contributed by atoms with Crippen molar-refractivity contribution in [1.82, 2.24) is 0 Å². The van der Waals surface area contributed by atoms with Gasteiger partial charge in [0.1, 0.15) is 6.67 Å². The summed E-state index contributed by atoms with van der Waals surface area (Å²) < 4.78 is 56.3. The van der Waals surface area contributed by atoms with E-state index in [1.54, 1.807) is 0 Å². The molecule has 0 N–H and O–H groups in total. The molecule has 0 aromatic carbocycles. The van der Waals surface area contributed by atoms with Crippen molar-refractivity contribution in [2.24, 2.45) is 0 Å². The van der Waals surface area contributed by atoms with Gasteiger partial charge in [0, 0.05) is 0 Å². The summed E-state index contributed by atoms with van der Waals surface area (Å²) in [6, 6.07) is 0. The first-order valence-electron chi connectivity index (χ1n) is 2.22. The number of hydrogen-bond acceptors (Lipinski definition) is 0. The van der Waals surface area contributed by atoms with Crippen molar-refractivity contribution in [3.05, 3.63) is 0 Å². The fourth-order valence-electron chi connectivity index (χ4n) is 0.243. The number of alkyl halides is 5. The summed E-state index contributed by atoms with van der Waals surface area (Å²) in [6.07, 6.45) is -9.12. The third-order valence-corrected chi connectivity index (χ3v) is 0.734. The SMILES string of the molecule is FCC(F)C(F)C(F)F.[KH]. The molecule has 0 aliphatic carbocycles. The molecule has 58 valence electrons. The Bertz CT molecular complexity index is 78.0. The Morgan fingerprint density at radius 3 is 1.50 bits per heavy atom. The van der Waals surface area contributed by atoms with E-state index in [2.05, 4.69) is 0 Å². The Kier molecular flexibility index (Phi) is 9.64. The topological polar surface area (TPSA) is 0 Å². The Hall–Kier alpha value is 1.29. The molecule has 0 radical (unpaired) electrons. The van der Waals surface area contributed by atoms with Crippen LogP contribution >= 0.6 is 0 Å². The minimum absolute atomic E-state index is 0. The fraction of sp³-hybridized carbons (Fsp3) is 1.00. The van der Waals surface area contributed by atoms with E-state index in [0.29, 0.717) is 0 Å². The van der Waals surface area contributed by atoms with E-state index < -0.39 is 25.4 Å². The minimum atomic E-state index is -3.43. The van der Waals surface area contributed by atoms with E-state index in [-0.39, 0.29) is 51.4 Å². The molecule has 0 spiro atoms. The molecule has 6 heteroatoms. The van der Waals surface area contributed by atoms with Crippen LogP contribution in [0.2, 0.25) is 0 Å². The van der Waals surface area contributed by atoms with Crippen molar-refractivity contribution < 1.29 is 22.0 Å². The zero-order chi connectivity index (χ0) is 7.44. The second kappa shape index (κ2) is 6.96. The maximum atomic E-state index is 11.6. The molecular formula is C4H6F5K. The summed E-state index contributed by atoms with van der Waals surface area (Å²) >= 11 is 0. The molecule has 0 rings (SSSR count). The monoisotopic (exact) mass is 188 g/mol. The van der Waals surface area contributed by atoms with Gasteiger partial charge >= 0.3 is 51.4 Å². The molecule has 0 heterocycles. The summed E-state index contributed by atoms with van der Waals surface area (Å²) in [7, 11) is 0. The van der Waals surface area contributed by atoms with Crippen LogP contribution in [-0.4, -0.2) is 76.8 Å². The van der Waals surface area contributed by atoms with Gasteiger partial charge in [-0.1, -0.05) is 0 Å². The average Bonchev–Trinajstić information content (AvgIpc) is 1.84. The van der Waals surface area contributed by atoms with Crippen molar-refractivity contribution in [1.29, 1.82) is 0 Å². The van der Waals surface area contributed by atoms with Gasteiger partial charge in [-0.2, -0.15) is 0 Å². The molecule has 0 nitrogen and oxygen atoms in total. The van der Waals surface area contributed by atoms with Crippen LogP contribution in [0.1, 0.15) is 0 Å². The van der Waals surface area contributed by atoms with Crippen molar-refractivity contribution >= 4 is 51.4 Å². The van der Waals surface area contributed by atoms with E-state index in [1.807, 2.05) is 0 Å². The van der Waals surface area contributed by atoms with Gasteiger partial charge in [0.25, 0.3) is 6.43 Å². The Balaban J connectivity index is 0. The molecule has 0 aromatic rings. The van der Waals surface area contributed by atoms with Gasteiger partial charge in [-0.3, -0.25) is 0 Å². The van der Waals surface area contributed by atoms with E-state index in [4.69, 9.17) is 0 Å². The molecule has 0 aromatic heterocycles. The van der Waals surface area contributed by atoms with Gasteiger partial charge in [-0.05, 0) is 0 Å². The Morgan fingerprint density at radius 2 is 1.40 bits per heavy atom. The van der Waals surface area contributed by atoms with Crippen LogP contribution in [0.4, 0.5) is 22.0 Å². The van der Waals surface area contributed by atoms with Crippen LogP contribution in [0.15, 0.2) is 0 Å². The summed E-state index contributed by atoms with van der Waals surface area (Å²) in [5, 5.41) is 0. The molecule has 0 fully saturated rings. The van der Waals surface area contributed by atoms with E-state index in [1.165, 1.54) is 0 Å². The Labute approximate surface area is 97.6 Å². The Morgan fingerprint density at radius 1 is 1.00 bits per heavy atom. The van der Waals surface area contributed by atoms with Crippen LogP contribution in [0.25, 0.3) is 0 Å². The van der Waals surface area contributed by atoms with Crippen molar-refractivity contribution in [3.63, 3.8) is 0 Å². The molecule has 0 aliphatic rings. The number of rotatable bonds is 3. The summed E-state index contributed by atoms with van der Waals surface area (Å²) in [4.78, 5) is 0. The maximum absolute atomic E-state index is 11.6. The van der Waals surface area contributed by atoms with Crippen molar-refractivity contribution in [2.75, 3.05) is 6.67 Å². The molecule has 2 unspecified atom stereocenters. The van der Waals surface area contributed by atoms with Gasteiger partial charge in [0.05, 0.1) is 0 Å². The molecule has 2 atom stereocenters. The van der Waals surface area contributed by atoms with Gasteiger partial charge in [-0.15, -0.1) is 0 Å². The van der Waals surface area contributed by atoms with Crippen LogP contribution in [0.5, 0.6) is 0 Å². The zero-order valence-corrected chi connectivity index (χ0v) is 4.33. The molecular weight excluding hydrogens is 182 g/mol. The fourth-order valence-corrected chi connectivity index (χ4v) is 0.243. The zero-order valence-electron chi connectivity index (χ0n) is 4.33. The predicted molar refractivity (Wildman–Crippen MR) is 28.9 cm³/mol. The third-order valence-electron chi connectivity index (χ3n) is 0.734. The first kappa shape index (κ1) is 13.8. The van der Waals surface area contributed by atoms with Crippen molar-refractivity contribution in [3.8, 4) is 0 Å². The molecule has 0 amide bonds. The second-order valence-corrected chi connectivity index (χ2v) is 1.45. The summed E-state index contributed by atoms with van der Waals surface area (Å²) in [5.41, 5.74) is 0. The van der Waals surface area contributed by atoms with Crippen LogP contribution in [0.3, 0.4) is 0 Å². The van der Waals surface area contributed by atoms with E-state index in [9.17, 15) is 22.0 Å².